The first-order valence-corrected chi connectivity index (χ1v) is 4.16. The number of nitrogens with two attached hydrogens (primary N) is 1. The predicted octanol–water partition coefficient (Wildman–Crippen LogP) is 0.246. The van der Waals surface area contributed by atoms with Gasteiger partial charge in [-0.15, -0.1) is 0 Å². The van der Waals surface area contributed by atoms with Crippen LogP contribution >= 0.6 is 0 Å². The van der Waals surface area contributed by atoms with E-state index in [0.29, 0.717) is 0 Å². The minimum absolute atomic E-state index is 0. The van der Waals surface area contributed by atoms with E-state index < -0.39 is 0 Å². The molecule has 1 aromatic rings. The molecule has 0 saturated carbocycles. The Morgan fingerprint density at radius 3 is 1.00 bits per heavy atom. The number of nitrogen functional groups attached to an aromatic ring is 1. The van der Waals surface area contributed by atoms with Gasteiger partial charge in [-0.05, 0) is 0 Å². The van der Waals surface area contributed by atoms with Crippen LogP contribution in [-0.2, 0) is 0 Å². The summed E-state index contributed by atoms with van der Waals surface area (Å²) in [7, 11) is 0. The molecule has 0 unspecified atom stereocenters. The van der Waals surface area contributed by atoms with Gasteiger partial charge in [0, 0.05) is 29.6 Å². The molecule has 0 saturated heterocycles. The van der Waals surface area contributed by atoms with Crippen LogP contribution in [0.2, 0.25) is 0 Å². The van der Waals surface area contributed by atoms with Gasteiger partial charge < -0.3 is 5.73 Å². The first-order chi connectivity index (χ1) is 8.15. The largest absolute Gasteiger partial charge is 0.397 e. The molecule has 0 heterocycles. The van der Waals surface area contributed by atoms with Crippen molar-refractivity contribution in [3.8, 4) is 30.3 Å². The van der Waals surface area contributed by atoms with E-state index in [-0.39, 0.29) is 63.1 Å². The van der Waals surface area contributed by atoms with Crippen molar-refractivity contribution in [1.82, 2.24) is 0 Å². The summed E-state index contributed by atoms with van der Waals surface area (Å²) in [6.07, 6.45) is 0. The second kappa shape index (κ2) is 6.27. The maximum atomic E-state index is 8.88. The van der Waals surface area contributed by atoms with E-state index in [0.717, 1.165) is 0 Å². The summed E-state index contributed by atoms with van der Waals surface area (Å²) < 4.78 is 0. The van der Waals surface area contributed by atoms with Crippen molar-refractivity contribution >= 4 is 35.2 Å². The summed E-state index contributed by atoms with van der Waals surface area (Å²) in [6, 6.07) is 8.25. The van der Waals surface area contributed by atoms with Crippen molar-refractivity contribution in [2.45, 2.75) is 0 Å². The SMILES string of the molecule is N#Cc1c(N)c(C#N)c(C#N)c(C#N)c1C#N.[Na]. The number of rotatable bonds is 0. The van der Waals surface area contributed by atoms with Gasteiger partial charge >= 0.3 is 0 Å². The Balaban J connectivity index is 0.00000289. The average molecular weight is 241 g/mol. The van der Waals surface area contributed by atoms with Crippen LogP contribution in [0.5, 0.6) is 0 Å². The van der Waals surface area contributed by atoms with E-state index in [1.807, 2.05) is 0 Å². The molecule has 77 valence electrons. The van der Waals surface area contributed by atoms with Gasteiger partial charge in [0.25, 0.3) is 0 Å². The van der Waals surface area contributed by atoms with Crippen molar-refractivity contribution in [2.24, 2.45) is 0 Å². The van der Waals surface area contributed by atoms with Gasteiger partial charge in [0.05, 0.1) is 33.5 Å². The van der Waals surface area contributed by atoms with E-state index in [4.69, 9.17) is 32.0 Å². The second-order valence-electron chi connectivity index (χ2n) is 2.85. The zero-order chi connectivity index (χ0) is 13.0. The molecule has 0 amide bonds. The quantitative estimate of drug-likeness (QED) is 0.508. The molecule has 1 radical (unpaired) electrons. The fraction of sp³-hybridized carbons (Fsp3) is 0. The maximum Gasteiger partial charge on any atom is 0.103 e. The summed E-state index contributed by atoms with van der Waals surface area (Å²) in [6.45, 7) is 0. The first-order valence-electron chi connectivity index (χ1n) is 4.16. The Morgan fingerprint density at radius 2 is 0.778 bits per heavy atom. The fourth-order valence-corrected chi connectivity index (χ4v) is 1.34. The Labute approximate surface area is 125 Å². The van der Waals surface area contributed by atoms with Gasteiger partial charge in [0.1, 0.15) is 30.3 Å². The number of nitrogens with zero attached hydrogens (tertiary/aromatic N) is 5. The van der Waals surface area contributed by atoms with E-state index in [2.05, 4.69) is 0 Å². The van der Waals surface area contributed by atoms with E-state index in [9.17, 15) is 0 Å². The monoisotopic (exact) mass is 241 g/mol. The number of nitriles is 5. The zero-order valence-corrected chi connectivity index (χ0v) is 11.3. The van der Waals surface area contributed by atoms with Gasteiger partial charge in [-0.2, -0.15) is 26.3 Å². The summed E-state index contributed by atoms with van der Waals surface area (Å²) in [5, 5.41) is 44.3. The molecule has 0 atom stereocenters. The molecule has 7 heteroatoms. The Kier molecular flexibility index (Phi) is 5.39. The van der Waals surface area contributed by atoms with Crippen molar-refractivity contribution < 1.29 is 0 Å². The number of hydrogen-bond acceptors (Lipinski definition) is 6. The molecule has 2 N–H and O–H groups in total. The molecule has 0 aliphatic carbocycles. The molecule has 0 aliphatic heterocycles. The average Bonchev–Trinajstić information content (AvgIpc) is 2.36. The minimum atomic E-state index is -0.294. The maximum absolute atomic E-state index is 8.88. The molecule has 0 spiro atoms. The van der Waals surface area contributed by atoms with Gasteiger partial charge in [-0.25, -0.2) is 0 Å². The molecule has 0 fully saturated rings. The van der Waals surface area contributed by atoms with Gasteiger partial charge in [-0.3, -0.25) is 0 Å². The van der Waals surface area contributed by atoms with Crippen molar-refractivity contribution in [3.63, 3.8) is 0 Å². The summed E-state index contributed by atoms with van der Waals surface area (Å²) in [5.41, 5.74) is 3.93. The third kappa shape index (κ3) is 2.11. The summed E-state index contributed by atoms with van der Waals surface area (Å²) >= 11 is 0. The second-order valence-corrected chi connectivity index (χ2v) is 2.85. The Bertz CT molecular complexity index is 662. The Hall–Kier alpha value is -2.53. The molecule has 6 nitrogen and oxygen atoms in total. The van der Waals surface area contributed by atoms with Crippen molar-refractivity contribution in [2.75, 3.05) is 5.73 Å². The molecular formula is C11H2N6Na. The number of hydrogen-bond donors (Lipinski definition) is 1. The zero-order valence-electron chi connectivity index (χ0n) is 9.31. The topological polar surface area (TPSA) is 145 Å². The molecule has 18 heavy (non-hydrogen) atoms. The van der Waals surface area contributed by atoms with Crippen molar-refractivity contribution in [3.05, 3.63) is 27.8 Å². The van der Waals surface area contributed by atoms with E-state index in [1.54, 1.807) is 30.3 Å². The number of benzene rings is 1. The molecule has 0 bridgehead atoms. The van der Waals surface area contributed by atoms with Crippen LogP contribution in [0.4, 0.5) is 5.69 Å². The van der Waals surface area contributed by atoms with Crippen LogP contribution in [0.1, 0.15) is 27.8 Å². The normalized spacial score (nSPS) is 7.50. The van der Waals surface area contributed by atoms with Crippen LogP contribution in [0.15, 0.2) is 0 Å². The third-order valence-electron chi connectivity index (χ3n) is 2.10. The van der Waals surface area contributed by atoms with Crippen LogP contribution in [0.3, 0.4) is 0 Å². The Morgan fingerprint density at radius 1 is 0.556 bits per heavy atom. The predicted molar refractivity (Wildman–Crippen MR) is 60.2 cm³/mol. The standard InChI is InChI=1S/C11H2N6.Na/c12-1-6-7(2-13)9(4-15)11(17)10(5-16)8(6)3-14;/h17H2;. The van der Waals surface area contributed by atoms with Crippen LogP contribution in [0.25, 0.3) is 0 Å². The van der Waals surface area contributed by atoms with Gasteiger partial charge in [0.2, 0.25) is 0 Å². The van der Waals surface area contributed by atoms with E-state index >= 15 is 0 Å². The van der Waals surface area contributed by atoms with Crippen molar-refractivity contribution in [1.29, 1.82) is 26.3 Å². The van der Waals surface area contributed by atoms with Crippen LogP contribution in [-0.4, -0.2) is 29.6 Å². The van der Waals surface area contributed by atoms with Crippen LogP contribution < -0.4 is 5.73 Å². The summed E-state index contributed by atoms with van der Waals surface area (Å²) in [4.78, 5) is 0. The molecule has 0 aliphatic rings. The summed E-state index contributed by atoms with van der Waals surface area (Å²) in [5.74, 6) is 0. The first kappa shape index (κ1) is 15.5. The molecule has 1 rings (SSSR count). The minimum Gasteiger partial charge on any atom is -0.397 e. The molecule has 0 aromatic heterocycles. The van der Waals surface area contributed by atoms with Crippen LogP contribution in [0, 0.1) is 56.7 Å². The molecule has 1 aromatic carbocycles. The van der Waals surface area contributed by atoms with Gasteiger partial charge in [0.15, 0.2) is 0 Å². The smallest absolute Gasteiger partial charge is 0.103 e. The molecular weight excluding hydrogens is 239 g/mol. The fourth-order valence-electron chi connectivity index (χ4n) is 1.34. The number of anilines is 1. The third-order valence-corrected chi connectivity index (χ3v) is 2.10. The van der Waals surface area contributed by atoms with E-state index in [1.165, 1.54) is 0 Å². The van der Waals surface area contributed by atoms with Gasteiger partial charge in [-0.1, -0.05) is 0 Å².